The molecule has 1 N–H and O–H groups in total. The van der Waals surface area contributed by atoms with Gasteiger partial charge in [-0.05, 0) is 62.6 Å². The van der Waals surface area contributed by atoms with Gasteiger partial charge >= 0.3 is 0 Å². The number of hydrogen-bond donors (Lipinski definition) is 1. The fourth-order valence-corrected chi connectivity index (χ4v) is 4.82. The van der Waals surface area contributed by atoms with Crippen LogP contribution in [-0.2, 0) is 15.7 Å². The van der Waals surface area contributed by atoms with Crippen molar-refractivity contribution in [2.75, 3.05) is 7.11 Å². The molecule has 6 nitrogen and oxygen atoms in total. The van der Waals surface area contributed by atoms with Gasteiger partial charge in [-0.3, -0.25) is 4.79 Å². The van der Waals surface area contributed by atoms with Crippen LogP contribution in [0.25, 0.3) is 0 Å². The van der Waals surface area contributed by atoms with Crippen molar-refractivity contribution in [3.63, 3.8) is 0 Å². The minimum absolute atomic E-state index is 0.117. The van der Waals surface area contributed by atoms with Gasteiger partial charge in [0.25, 0.3) is 0 Å². The standard InChI is InChI=1S/C21H27N3O3/c1-14(25)23-19(2,3)17-22-18(27-24-17)21(12-20(13-21)10-5-11-20)15-6-8-16(26-4)9-7-15/h6-9H,5,10-13H2,1-4H3,(H,23,25). The highest BCUT2D eigenvalue weighted by Gasteiger charge is 2.61. The molecule has 0 atom stereocenters. The molecule has 1 heterocycles. The maximum atomic E-state index is 11.5. The SMILES string of the molecule is COc1ccc(C2(c3nc(C(C)(C)NC(C)=O)no3)CC3(CCC3)C2)cc1. The second-order valence-electron chi connectivity index (χ2n) is 8.75. The van der Waals surface area contributed by atoms with Crippen LogP contribution in [0.1, 0.15) is 70.2 Å². The largest absolute Gasteiger partial charge is 0.497 e. The van der Waals surface area contributed by atoms with Crippen LogP contribution in [-0.4, -0.2) is 23.2 Å². The number of amides is 1. The number of carbonyl (C=O) groups is 1. The summed E-state index contributed by atoms with van der Waals surface area (Å²) in [5.74, 6) is 1.88. The first-order valence-electron chi connectivity index (χ1n) is 9.57. The number of ether oxygens (including phenoxy) is 1. The van der Waals surface area contributed by atoms with E-state index in [1.807, 2.05) is 26.0 Å². The molecule has 27 heavy (non-hydrogen) atoms. The zero-order valence-corrected chi connectivity index (χ0v) is 16.5. The van der Waals surface area contributed by atoms with Gasteiger partial charge in [0, 0.05) is 6.92 Å². The predicted molar refractivity (Wildman–Crippen MR) is 100 cm³/mol. The fourth-order valence-electron chi connectivity index (χ4n) is 4.82. The van der Waals surface area contributed by atoms with Crippen molar-refractivity contribution in [3.8, 4) is 5.75 Å². The Morgan fingerprint density at radius 1 is 1.22 bits per heavy atom. The van der Waals surface area contributed by atoms with Gasteiger partial charge in [0.1, 0.15) is 5.75 Å². The third kappa shape index (κ3) is 2.91. The summed E-state index contributed by atoms with van der Waals surface area (Å²) in [4.78, 5) is 16.3. The molecule has 2 aliphatic carbocycles. The monoisotopic (exact) mass is 369 g/mol. The van der Waals surface area contributed by atoms with Crippen LogP contribution in [0.4, 0.5) is 0 Å². The molecule has 0 bridgehead atoms. The smallest absolute Gasteiger partial charge is 0.237 e. The molecular weight excluding hydrogens is 342 g/mol. The number of benzene rings is 1. The number of aromatic nitrogens is 2. The molecule has 0 unspecified atom stereocenters. The number of nitrogens with zero attached hydrogens (tertiary/aromatic N) is 2. The highest BCUT2D eigenvalue weighted by atomic mass is 16.5. The second kappa shape index (κ2) is 6.08. The number of methoxy groups -OCH3 is 1. The molecule has 2 aromatic rings. The third-order valence-corrected chi connectivity index (χ3v) is 6.29. The summed E-state index contributed by atoms with van der Waals surface area (Å²) in [6, 6.07) is 8.18. The molecule has 1 spiro atoms. The van der Waals surface area contributed by atoms with Crippen molar-refractivity contribution in [1.82, 2.24) is 15.5 Å². The number of rotatable bonds is 5. The van der Waals surface area contributed by atoms with E-state index in [4.69, 9.17) is 14.2 Å². The summed E-state index contributed by atoms with van der Waals surface area (Å²) in [5, 5.41) is 7.10. The number of hydrogen-bond acceptors (Lipinski definition) is 5. The van der Waals surface area contributed by atoms with E-state index in [0.29, 0.717) is 17.1 Å². The summed E-state index contributed by atoms with van der Waals surface area (Å²) in [7, 11) is 1.67. The molecule has 1 aromatic carbocycles. The zero-order valence-electron chi connectivity index (χ0n) is 16.5. The van der Waals surface area contributed by atoms with Crippen LogP contribution in [0.3, 0.4) is 0 Å². The lowest BCUT2D eigenvalue weighted by molar-refractivity contribution is -0.120. The van der Waals surface area contributed by atoms with Gasteiger partial charge in [-0.15, -0.1) is 0 Å². The molecule has 0 saturated heterocycles. The third-order valence-electron chi connectivity index (χ3n) is 6.29. The van der Waals surface area contributed by atoms with Gasteiger partial charge in [-0.1, -0.05) is 23.7 Å². The minimum Gasteiger partial charge on any atom is -0.497 e. The van der Waals surface area contributed by atoms with Crippen molar-refractivity contribution in [2.24, 2.45) is 5.41 Å². The van der Waals surface area contributed by atoms with Gasteiger partial charge in [0.2, 0.25) is 11.8 Å². The van der Waals surface area contributed by atoms with E-state index in [1.54, 1.807) is 7.11 Å². The Balaban J connectivity index is 1.69. The van der Waals surface area contributed by atoms with Crippen LogP contribution in [0.15, 0.2) is 28.8 Å². The maximum Gasteiger partial charge on any atom is 0.237 e. The molecule has 1 aromatic heterocycles. The van der Waals surface area contributed by atoms with Gasteiger partial charge in [0.15, 0.2) is 5.82 Å². The summed E-state index contributed by atoms with van der Waals surface area (Å²) in [6.45, 7) is 5.27. The number of carbonyl (C=O) groups excluding carboxylic acids is 1. The lowest BCUT2D eigenvalue weighted by Crippen LogP contribution is -2.54. The average Bonchev–Trinajstić information content (AvgIpc) is 3.03. The molecule has 4 rings (SSSR count). The van der Waals surface area contributed by atoms with Crippen LogP contribution in [0.2, 0.25) is 0 Å². The van der Waals surface area contributed by atoms with Crippen molar-refractivity contribution in [2.45, 2.75) is 63.8 Å². The van der Waals surface area contributed by atoms with Crippen molar-refractivity contribution in [1.29, 1.82) is 0 Å². The highest BCUT2D eigenvalue weighted by Crippen LogP contribution is 2.66. The maximum absolute atomic E-state index is 11.5. The molecule has 2 aliphatic rings. The summed E-state index contributed by atoms with van der Waals surface area (Å²) >= 11 is 0. The first-order valence-corrected chi connectivity index (χ1v) is 9.57. The van der Waals surface area contributed by atoms with Crippen molar-refractivity contribution >= 4 is 5.91 Å². The molecular formula is C21H27N3O3. The first-order chi connectivity index (χ1) is 12.8. The van der Waals surface area contributed by atoms with Gasteiger partial charge in [0.05, 0.1) is 18.1 Å². The first kappa shape index (κ1) is 18.0. The highest BCUT2D eigenvalue weighted by molar-refractivity contribution is 5.73. The lowest BCUT2D eigenvalue weighted by Gasteiger charge is -2.59. The molecule has 144 valence electrons. The Hall–Kier alpha value is -2.37. The topological polar surface area (TPSA) is 77.2 Å². The molecule has 0 radical (unpaired) electrons. The number of nitrogens with one attached hydrogen (secondary N) is 1. The van der Waals surface area contributed by atoms with Crippen LogP contribution in [0, 0.1) is 5.41 Å². The van der Waals surface area contributed by atoms with Crippen LogP contribution >= 0.6 is 0 Å². The Bertz CT molecular complexity index is 842. The summed E-state index contributed by atoms with van der Waals surface area (Å²) < 4.78 is 11.1. The van der Waals surface area contributed by atoms with Gasteiger partial charge in [-0.2, -0.15) is 4.98 Å². The van der Waals surface area contributed by atoms with E-state index in [0.717, 1.165) is 18.6 Å². The quantitative estimate of drug-likeness (QED) is 0.869. The molecule has 0 aliphatic heterocycles. The summed E-state index contributed by atoms with van der Waals surface area (Å²) in [6.07, 6.45) is 5.94. The molecule has 2 saturated carbocycles. The minimum atomic E-state index is -0.674. The van der Waals surface area contributed by atoms with E-state index in [2.05, 4.69) is 22.6 Å². The van der Waals surface area contributed by atoms with E-state index in [9.17, 15) is 4.79 Å². The molecule has 2 fully saturated rings. The van der Waals surface area contributed by atoms with E-state index in [1.165, 1.54) is 31.7 Å². The molecule has 6 heteroatoms. The second-order valence-corrected chi connectivity index (χ2v) is 8.75. The molecule has 1 amide bonds. The zero-order chi connectivity index (χ0) is 19.3. The average molecular weight is 369 g/mol. The van der Waals surface area contributed by atoms with Crippen LogP contribution in [0.5, 0.6) is 5.75 Å². The van der Waals surface area contributed by atoms with Crippen molar-refractivity contribution in [3.05, 3.63) is 41.5 Å². The van der Waals surface area contributed by atoms with E-state index < -0.39 is 5.54 Å². The Kier molecular flexibility index (Phi) is 4.05. The van der Waals surface area contributed by atoms with E-state index in [-0.39, 0.29) is 11.3 Å². The summed E-state index contributed by atoms with van der Waals surface area (Å²) in [5.41, 5.74) is 0.701. The van der Waals surface area contributed by atoms with Gasteiger partial charge in [-0.25, -0.2) is 0 Å². The predicted octanol–water partition coefficient (Wildman–Crippen LogP) is 3.70. The Morgan fingerprint density at radius 2 is 1.89 bits per heavy atom. The Labute approximate surface area is 159 Å². The van der Waals surface area contributed by atoms with Crippen LogP contribution < -0.4 is 10.1 Å². The Morgan fingerprint density at radius 3 is 2.41 bits per heavy atom. The fraction of sp³-hybridized carbons (Fsp3) is 0.571. The van der Waals surface area contributed by atoms with Crippen molar-refractivity contribution < 1.29 is 14.1 Å². The van der Waals surface area contributed by atoms with E-state index >= 15 is 0 Å². The lowest BCUT2D eigenvalue weighted by atomic mass is 9.43. The normalized spacial score (nSPS) is 19.9. The van der Waals surface area contributed by atoms with Gasteiger partial charge < -0.3 is 14.6 Å².